The number of esters is 1. The maximum absolute atomic E-state index is 11.3. The smallest absolute Gasteiger partial charge is 0.336 e. The number of ether oxygens (including phenoxy) is 2. The lowest BCUT2D eigenvalue weighted by Gasteiger charge is -2.21. The minimum atomic E-state index is -0.668. The summed E-state index contributed by atoms with van der Waals surface area (Å²) in [4.78, 5) is 11.3. The molecule has 3 heteroatoms. The monoisotopic (exact) mass is 216 g/mol. The van der Waals surface area contributed by atoms with E-state index in [9.17, 15) is 4.79 Å². The molecular formula is C13H12O3. The van der Waals surface area contributed by atoms with Crippen LogP contribution in [0.25, 0.3) is 6.08 Å². The van der Waals surface area contributed by atoms with Gasteiger partial charge in [0.2, 0.25) is 0 Å². The van der Waals surface area contributed by atoms with Crippen molar-refractivity contribution in [3.05, 3.63) is 48.1 Å². The topological polar surface area (TPSA) is 35.5 Å². The van der Waals surface area contributed by atoms with Crippen molar-refractivity contribution in [1.29, 1.82) is 0 Å². The first-order valence-corrected chi connectivity index (χ1v) is 4.97. The second kappa shape index (κ2) is 4.23. The normalized spacial score (nSPS) is 17.2. The number of carbonyl (C=O) groups is 1. The number of rotatable bonds is 2. The lowest BCUT2D eigenvalue weighted by Crippen LogP contribution is -2.24. The van der Waals surface area contributed by atoms with E-state index in [1.54, 1.807) is 13.0 Å². The average molecular weight is 216 g/mol. The summed E-state index contributed by atoms with van der Waals surface area (Å²) < 4.78 is 10.5. The van der Waals surface area contributed by atoms with E-state index in [4.69, 9.17) is 9.47 Å². The summed E-state index contributed by atoms with van der Waals surface area (Å²) >= 11 is 0. The number of hydrogen-bond donors (Lipinski definition) is 0. The van der Waals surface area contributed by atoms with Gasteiger partial charge in [-0.25, -0.2) is 4.79 Å². The molecule has 1 heterocycles. The first kappa shape index (κ1) is 10.5. The van der Waals surface area contributed by atoms with Crippen molar-refractivity contribution < 1.29 is 14.3 Å². The van der Waals surface area contributed by atoms with Crippen LogP contribution in [-0.2, 0) is 9.53 Å². The van der Waals surface area contributed by atoms with Crippen molar-refractivity contribution in [2.45, 2.75) is 13.2 Å². The fourth-order valence-electron chi connectivity index (χ4n) is 1.34. The zero-order chi connectivity index (χ0) is 11.5. The molecule has 0 spiro atoms. The van der Waals surface area contributed by atoms with Gasteiger partial charge in [-0.1, -0.05) is 24.8 Å². The number of para-hydroxylation sites is 1. The fraction of sp³-hybridized carbons (Fsp3) is 0.154. The van der Waals surface area contributed by atoms with Crippen LogP contribution in [-0.4, -0.2) is 12.3 Å². The summed E-state index contributed by atoms with van der Waals surface area (Å²) in [6.45, 7) is 5.11. The Hall–Kier alpha value is -2.03. The van der Waals surface area contributed by atoms with Gasteiger partial charge in [-0.15, -0.1) is 0 Å². The van der Waals surface area contributed by atoms with E-state index in [1.165, 1.54) is 0 Å². The molecular weight excluding hydrogens is 204 g/mol. The highest BCUT2D eigenvalue weighted by Crippen LogP contribution is 2.25. The quantitative estimate of drug-likeness (QED) is 0.563. The molecule has 1 aromatic carbocycles. The van der Waals surface area contributed by atoms with Gasteiger partial charge < -0.3 is 9.47 Å². The Bertz CT molecular complexity index is 460. The van der Waals surface area contributed by atoms with E-state index in [-0.39, 0.29) is 0 Å². The van der Waals surface area contributed by atoms with Crippen molar-refractivity contribution in [2.24, 2.45) is 0 Å². The standard InChI is InChI=1S/C13H12O3/c1-9(2)13(14)16-12-8-7-10-5-3-4-6-11(10)15-12/h3-8,12H,1H2,2H3. The summed E-state index contributed by atoms with van der Waals surface area (Å²) in [6, 6.07) is 7.56. The van der Waals surface area contributed by atoms with Gasteiger partial charge in [0.15, 0.2) is 0 Å². The van der Waals surface area contributed by atoms with Gasteiger partial charge in [0.25, 0.3) is 6.29 Å². The molecule has 1 aliphatic heterocycles. The van der Waals surface area contributed by atoms with Gasteiger partial charge in [0, 0.05) is 11.1 Å². The maximum Gasteiger partial charge on any atom is 0.336 e. The second-order valence-electron chi connectivity index (χ2n) is 3.57. The van der Waals surface area contributed by atoms with Crippen molar-refractivity contribution >= 4 is 12.0 Å². The fourth-order valence-corrected chi connectivity index (χ4v) is 1.34. The average Bonchev–Trinajstić information content (AvgIpc) is 2.28. The van der Waals surface area contributed by atoms with Crippen molar-refractivity contribution in [2.75, 3.05) is 0 Å². The van der Waals surface area contributed by atoms with Crippen molar-refractivity contribution in [1.82, 2.24) is 0 Å². The van der Waals surface area contributed by atoms with Gasteiger partial charge in [-0.3, -0.25) is 0 Å². The highest BCUT2D eigenvalue weighted by molar-refractivity contribution is 5.87. The Labute approximate surface area is 94.0 Å². The molecule has 1 aliphatic rings. The van der Waals surface area contributed by atoms with Crippen LogP contribution in [0, 0.1) is 0 Å². The third kappa shape index (κ3) is 2.14. The minimum Gasteiger partial charge on any atom is -0.450 e. The molecule has 0 amide bonds. The van der Waals surface area contributed by atoms with Crippen molar-refractivity contribution in [3.63, 3.8) is 0 Å². The zero-order valence-corrected chi connectivity index (χ0v) is 8.97. The number of benzene rings is 1. The first-order valence-electron chi connectivity index (χ1n) is 4.97. The summed E-state index contributed by atoms with van der Waals surface area (Å²) in [5.74, 6) is 0.263. The lowest BCUT2D eigenvalue weighted by atomic mass is 10.1. The molecule has 0 fully saturated rings. The van der Waals surface area contributed by atoms with Gasteiger partial charge >= 0.3 is 5.97 Å². The van der Waals surface area contributed by atoms with Gasteiger partial charge in [0.05, 0.1) is 0 Å². The van der Waals surface area contributed by atoms with E-state index in [1.807, 2.05) is 30.3 Å². The van der Waals surface area contributed by atoms with Crippen LogP contribution >= 0.6 is 0 Å². The van der Waals surface area contributed by atoms with Crippen molar-refractivity contribution in [3.8, 4) is 5.75 Å². The van der Waals surface area contributed by atoms with Crippen LogP contribution in [0.4, 0.5) is 0 Å². The third-order valence-corrected chi connectivity index (χ3v) is 2.17. The summed E-state index contributed by atoms with van der Waals surface area (Å²) in [7, 11) is 0. The molecule has 82 valence electrons. The highest BCUT2D eigenvalue weighted by Gasteiger charge is 2.17. The molecule has 0 radical (unpaired) electrons. The molecule has 0 saturated heterocycles. The predicted molar refractivity (Wildman–Crippen MR) is 60.8 cm³/mol. The second-order valence-corrected chi connectivity index (χ2v) is 3.57. The molecule has 1 unspecified atom stereocenters. The predicted octanol–water partition coefficient (Wildman–Crippen LogP) is 2.54. The first-order chi connectivity index (χ1) is 7.66. The van der Waals surface area contributed by atoms with Crippen LogP contribution in [0.2, 0.25) is 0 Å². The van der Waals surface area contributed by atoms with Gasteiger partial charge in [-0.2, -0.15) is 0 Å². The van der Waals surface area contributed by atoms with E-state index in [2.05, 4.69) is 6.58 Å². The Morgan fingerprint density at radius 3 is 2.94 bits per heavy atom. The molecule has 0 N–H and O–H groups in total. The van der Waals surface area contributed by atoms with E-state index in [0.29, 0.717) is 11.3 Å². The van der Waals surface area contributed by atoms with Crippen LogP contribution in [0.1, 0.15) is 12.5 Å². The number of fused-ring (bicyclic) bond motifs is 1. The highest BCUT2D eigenvalue weighted by atomic mass is 16.7. The van der Waals surface area contributed by atoms with E-state index < -0.39 is 12.3 Å². The Balaban J connectivity index is 2.09. The SMILES string of the molecule is C=C(C)C(=O)OC1C=Cc2ccccc2O1. The molecule has 1 aromatic rings. The van der Waals surface area contributed by atoms with Crippen LogP contribution in [0.5, 0.6) is 5.75 Å². The van der Waals surface area contributed by atoms with Crippen LogP contribution in [0.15, 0.2) is 42.5 Å². The molecule has 16 heavy (non-hydrogen) atoms. The molecule has 0 aliphatic carbocycles. The Morgan fingerprint density at radius 1 is 1.44 bits per heavy atom. The van der Waals surface area contributed by atoms with E-state index >= 15 is 0 Å². The summed E-state index contributed by atoms with van der Waals surface area (Å²) in [6.07, 6.45) is 2.90. The minimum absolute atomic E-state index is 0.357. The summed E-state index contributed by atoms with van der Waals surface area (Å²) in [5.41, 5.74) is 1.33. The Kier molecular flexibility index (Phi) is 2.77. The number of hydrogen-bond acceptors (Lipinski definition) is 3. The third-order valence-electron chi connectivity index (χ3n) is 2.17. The molecule has 2 rings (SSSR count). The van der Waals surface area contributed by atoms with Crippen LogP contribution in [0.3, 0.4) is 0 Å². The van der Waals surface area contributed by atoms with Gasteiger partial charge in [0.1, 0.15) is 5.75 Å². The zero-order valence-electron chi connectivity index (χ0n) is 8.97. The number of carbonyl (C=O) groups excluding carboxylic acids is 1. The van der Waals surface area contributed by atoms with Gasteiger partial charge in [-0.05, 0) is 25.1 Å². The Morgan fingerprint density at radius 2 is 2.19 bits per heavy atom. The van der Waals surface area contributed by atoms with Crippen LogP contribution < -0.4 is 4.74 Å². The molecule has 0 saturated carbocycles. The van der Waals surface area contributed by atoms with E-state index in [0.717, 1.165) is 5.56 Å². The lowest BCUT2D eigenvalue weighted by molar-refractivity contribution is -0.153. The molecule has 0 bridgehead atoms. The largest absolute Gasteiger partial charge is 0.450 e. The summed E-state index contributed by atoms with van der Waals surface area (Å²) in [5, 5.41) is 0. The maximum atomic E-state index is 11.3. The molecule has 3 nitrogen and oxygen atoms in total. The molecule has 1 atom stereocenters. The molecule has 0 aromatic heterocycles.